The Morgan fingerprint density at radius 1 is 1.29 bits per heavy atom. The lowest BCUT2D eigenvalue weighted by Crippen LogP contribution is -1.98. The number of ether oxygens (including phenoxy) is 1. The second-order valence-corrected chi connectivity index (χ2v) is 6.35. The molecule has 0 atom stereocenters. The number of pyridine rings is 1. The number of rotatable bonds is 6. The van der Waals surface area contributed by atoms with Gasteiger partial charge in [-0.05, 0) is 18.2 Å². The van der Waals surface area contributed by atoms with Crippen LogP contribution in [0.25, 0.3) is 0 Å². The van der Waals surface area contributed by atoms with Crippen LogP contribution >= 0.6 is 22.9 Å². The van der Waals surface area contributed by atoms with Crippen molar-refractivity contribution in [2.24, 2.45) is 0 Å². The van der Waals surface area contributed by atoms with E-state index in [0.29, 0.717) is 16.8 Å². The van der Waals surface area contributed by atoms with Crippen molar-refractivity contribution in [2.75, 3.05) is 5.32 Å². The average Bonchev–Trinajstić information content (AvgIpc) is 2.99. The largest absolute Gasteiger partial charge is 0.434 e. The van der Waals surface area contributed by atoms with Crippen molar-refractivity contribution < 1.29 is 9.66 Å². The third-order valence-corrected chi connectivity index (χ3v) is 4.10. The summed E-state index contributed by atoms with van der Waals surface area (Å²) in [7, 11) is 0. The van der Waals surface area contributed by atoms with Gasteiger partial charge in [0.2, 0.25) is 0 Å². The number of hydrogen-bond acceptors (Lipinski definition) is 7. The highest BCUT2D eigenvalue weighted by Gasteiger charge is 2.16. The van der Waals surface area contributed by atoms with Crippen LogP contribution in [0, 0.1) is 10.1 Å². The van der Waals surface area contributed by atoms with Gasteiger partial charge < -0.3 is 10.1 Å². The van der Waals surface area contributed by atoms with Gasteiger partial charge in [0.05, 0.1) is 11.5 Å². The van der Waals surface area contributed by atoms with Gasteiger partial charge in [0, 0.05) is 35.1 Å². The molecule has 9 heteroatoms. The maximum absolute atomic E-state index is 11.0. The number of anilines is 1. The molecule has 0 aliphatic carbocycles. The summed E-state index contributed by atoms with van der Waals surface area (Å²) >= 11 is 7.19. The first kappa shape index (κ1) is 16.2. The van der Waals surface area contributed by atoms with Gasteiger partial charge in [-0.2, -0.15) is 0 Å². The highest BCUT2D eigenvalue weighted by Crippen LogP contribution is 2.29. The number of nitrogens with one attached hydrogen (secondary N) is 1. The predicted molar refractivity (Wildman–Crippen MR) is 91.9 cm³/mol. The van der Waals surface area contributed by atoms with Gasteiger partial charge in [0.15, 0.2) is 4.47 Å². The van der Waals surface area contributed by atoms with E-state index in [1.165, 1.54) is 29.7 Å². The number of nitrogens with zero attached hydrogens (tertiary/aromatic N) is 3. The standard InChI is InChI=1S/C15H11ClN4O3S/c16-15-19-9-12(24-15)8-18-10-3-1-4-11(7-10)23-14-13(20(21)22)5-2-6-17-14/h1-7,9,18H,8H2. The summed E-state index contributed by atoms with van der Waals surface area (Å²) in [6.45, 7) is 0.567. The topological polar surface area (TPSA) is 90.2 Å². The van der Waals surface area contributed by atoms with Crippen LogP contribution < -0.4 is 10.1 Å². The van der Waals surface area contributed by atoms with E-state index in [0.717, 1.165) is 10.6 Å². The Bertz CT molecular complexity index is 871. The van der Waals surface area contributed by atoms with E-state index in [4.69, 9.17) is 16.3 Å². The van der Waals surface area contributed by atoms with E-state index in [9.17, 15) is 10.1 Å². The molecule has 3 rings (SSSR count). The highest BCUT2D eigenvalue weighted by molar-refractivity contribution is 7.15. The molecule has 0 amide bonds. The molecular formula is C15H11ClN4O3S. The fourth-order valence-electron chi connectivity index (χ4n) is 1.94. The van der Waals surface area contributed by atoms with Crippen LogP contribution in [0.15, 0.2) is 48.8 Å². The second kappa shape index (κ2) is 7.24. The average molecular weight is 363 g/mol. The summed E-state index contributed by atoms with van der Waals surface area (Å²) in [5.41, 5.74) is 0.616. The van der Waals surface area contributed by atoms with Crippen molar-refractivity contribution in [3.05, 3.63) is 68.3 Å². The zero-order valence-electron chi connectivity index (χ0n) is 12.2. The van der Waals surface area contributed by atoms with E-state index in [2.05, 4.69) is 15.3 Å². The van der Waals surface area contributed by atoms with Crippen LogP contribution in [0.1, 0.15) is 4.88 Å². The zero-order valence-corrected chi connectivity index (χ0v) is 13.8. The fraction of sp³-hybridized carbons (Fsp3) is 0.0667. The van der Waals surface area contributed by atoms with Crippen LogP contribution in [0.3, 0.4) is 0 Å². The molecule has 0 saturated heterocycles. The molecule has 1 N–H and O–H groups in total. The Hall–Kier alpha value is -2.71. The Balaban J connectivity index is 1.72. The van der Waals surface area contributed by atoms with E-state index in [1.807, 2.05) is 6.07 Å². The van der Waals surface area contributed by atoms with Gasteiger partial charge in [-0.3, -0.25) is 10.1 Å². The third-order valence-electron chi connectivity index (χ3n) is 2.99. The Kier molecular flexibility index (Phi) is 4.88. The monoisotopic (exact) mass is 362 g/mol. The highest BCUT2D eigenvalue weighted by atomic mass is 35.5. The molecule has 0 unspecified atom stereocenters. The van der Waals surface area contributed by atoms with E-state index in [1.54, 1.807) is 24.4 Å². The summed E-state index contributed by atoms with van der Waals surface area (Å²) in [5.74, 6) is 0.401. The summed E-state index contributed by atoms with van der Waals surface area (Å²) in [6.07, 6.45) is 3.15. The van der Waals surface area contributed by atoms with E-state index < -0.39 is 4.92 Å². The lowest BCUT2D eigenvalue weighted by Gasteiger charge is -2.08. The van der Waals surface area contributed by atoms with Crippen LogP contribution in [-0.4, -0.2) is 14.9 Å². The van der Waals surface area contributed by atoms with Crippen LogP contribution in [0.5, 0.6) is 11.6 Å². The zero-order chi connectivity index (χ0) is 16.9. The molecular weight excluding hydrogens is 352 g/mol. The molecule has 0 radical (unpaired) electrons. The van der Waals surface area contributed by atoms with Gasteiger partial charge in [0.25, 0.3) is 5.88 Å². The van der Waals surface area contributed by atoms with Gasteiger partial charge in [-0.25, -0.2) is 9.97 Å². The maximum atomic E-state index is 11.0. The van der Waals surface area contributed by atoms with Crippen LogP contribution in [0.2, 0.25) is 4.47 Å². The van der Waals surface area contributed by atoms with E-state index >= 15 is 0 Å². The SMILES string of the molecule is O=[N+]([O-])c1cccnc1Oc1cccc(NCc2cnc(Cl)s2)c1. The molecule has 1 aromatic carbocycles. The number of benzene rings is 1. The summed E-state index contributed by atoms with van der Waals surface area (Å²) in [5, 5.41) is 14.2. The van der Waals surface area contributed by atoms with E-state index in [-0.39, 0.29) is 11.6 Å². The first-order chi connectivity index (χ1) is 11.6. The number of aromatic nitrogens is 2. The van der Waals surface area contributed by atoms with Crippen molar-refractivity contribution in [1.29, 1.82) is 0 Å². The number of halogens is 1. The van der Waals surface area contributed by atoms with Gasteiger partial charge >= 0.3 is 5.69 Å². The van der Waals surface area contributed by atoms with Crippen molar-refractivity contribution in [3.8, 4) is 11.6 Å². The Morgan fingerprint density at radius 2 is 2.17 bits per heavy atom. The van der Waals surface area contributed by atoms with Gasteiger partial charge in [-0.1, -0.05) is 17.7 Å². The number of nitro groups is 1. The predicted octanol–water partition coefficient (Wildman–Crippen LogP) is 4.50. The quantitative estimate of drug-likeness (QED) is 0.512. The summed E-state index contributed by atoms with van der Waals surface area (Å²) < 4.78 is 6.04. The lowest BCUT2D eigenvalue weighted by molar-refractivity contribution is -0.386. The van der Waals surface area contributed by atoms with Crippen molar-refractivity contribution in [2.45, 2.75) is 6.54 Å². The molecule has 7 nitrogen and oxygen atoms in total. The van der Waals surface area contributed by atoms with Crippen LogP contribution in [-0.2, 0) is 6.54 Å². The Labute approximate surface area is 146 Å². The van der Waals surface area contributed by atoms with Crippen LogP contribution in [0.4, 0.5) is 11.4 Å². The minimum absolute atomic E-state index is 0.0473. The van der Waals surface area contributed by atoms with Crippen molar-refractivity contribution >= 4 is 34.3 Å². The first-order valence-corrected chi connectivity index (χ1v) is 8.02. The Morgan fingerprint density at radius 3 is 2.92 bits per heavy atom. The van der Waals surface area contributed by atoms with Gasteiger partial charge in [0.1, 0.15) is 5.75 Å². The second-order valence-electron chi connectivity index (χ2n) is 4.65. The normalized spacial score (nSPS) is 10.4. The molecule has 0 spiro atoms. The smallest absolute Gasteiger partial charge is 0.331 e. The molecule has 0 fully saturated rings. The minimum atomic E-state index is -0.530. The number of thiazole rings is 1. The molecule has 0 aliphatic heterocycles. The molecule has 3 aromatic rings. The number of hydrogen-bond donors (Lipinski definition) is 1. The summed E-state index contributed by atoms with van der Waals surface area (Å²) in [4.78, 5) is 19.4. The molecule has 0 aliphatic rings. The first-order valence-electron chi connectivity index (χ1n) is 6.83. The third kappa shape index (κ3) is 3.98. The molecule has 0 saturated carbocycles. The lowest BCUT2D eigenvalue weighted by atomic mass is 10.3. The molecule has 122 valence electrons. The molecule has 0 bridgehead atoms. The maximum Gasteiger partial charge on any atom is 0.331 e. The van der Waals surface area contributed by atoms with Gasteiger partial charge in [-0.15, -0.1) is 11.3 Å². The van der Waals surface area contributed by atoms with Crippen molar-refractivity contribution in [3.63, 3.8) is 0 Å². The molecule has 2 heterocycles. The fourth-order valence-corrected chi connectivity index (χ4v) is 2.85. The minimum Gasteiger partial charge on any atom is -0.434 e. The van der Waals surface area contributed by atoms with Crippen molar-refractivity contribution in [1.82, 2.24) is 9.97 Å². The molecule has 24 heavy (non-hydrogen) atoms. The summed E-state index contributed by atoms with van der Waals surface area (Å²) in [6, 6.07) is 9.92. The molecule has 2 aromatic heterocycles.